The van der Waals surface area contributed by atoms with Crippen LogP contribution in [0.2, 0.25) is 0 Å². The Bertz CT molecular complexity index is 873. The molecular formula is C27H41N5O3. The molecule has 8 heteroatoms. The zero-order chi connectivity index (χ0) is 24.8. The molecule has 1 unspecified atom stereocenters. The highest BCUT2D eigenvalue weighted by atomic mass is 16.2. The van der Waals surface area contributed by atoms with Crippen molar-refractivity contribution in [2.24, 2.45) is 5.92 Å². The van der Waals surface area contributed by atoms with E-state index in [2.05, 4.69) is 20.9 Å². The fraction of sp³-hybridized carbons (Fsp3) is 0.667. The molecule has 1 aromatic rings. The number of carbonyl (C=O) groups excluding carboxylic acids is 3. The standard InChI is InChI=1S/C27H41N5O3/c1-19(28-2)25(33)30-24(21-12-7-4-8-13-21)27(35)32-17-22-14-9-15-31(22)18-23(32)26(34)29-16-20-10-5-3-6-11-20/h3,5-6,10-11,19,21-24,28H,4,7-9,12-18H2,1-2H3,(H,29,34)(H,30,33)/t19-,22+,23?,24-/m0/s1. The number of hydrogen-bond acceptors (Lipinski definition) is 5. The van der Waals surface area contributed by atoms with E-state index in [1.807, 2.05) is 30.3 Å². The normalized spacial score (nSPS) is 24.9. The Morgan fingerprint density at radius 2 is 1.74 bits per heavy atom. The Labute approximate surface area is 209 Å². The van der Waals surface area contributed by atoms with Gasteiger partial charge in [-0.2, -0.15) is 0 Å². The molecule has 2 aliphatic heterocycles. The highest BCUT2D eigenvalue weighted by molar-refractivity contribution is 5.93. The number of carbonyl (C=O) groups is 3. The van der Waals surface area contributed by atoms with E-state index in [0.717, 1.165) is 50.6 Å². The second kappa shape index (κ2) is 12.0. The maximum Gasteiger partial charge on any atom is 0.246 e. The fourth-order valence-electron chi connectivity index (χ4n) is 5.82. The first-order valence-corrected chi connectivity index (χ1v) is 13.3. The predicted molar refractivity (Wildman–Crippen MR) is 135 cm³/mol. The van der Waals surface area contributed by atoms with Crippen molar-refractivity contribution in [1.29, 1.82) is 0 Å². The number of fused-ring (bicyclic) bond motifs is 1. The number of nitrogens with zero attached hydrogens (tertiary/aromatic N) is 2. The van der Waals surface area contributed by atoms with Crippen LogP contribution in [0, 0.1) is 5.92 Å². The molecule has 8 nitrogen and oxygen atoms in total. The van der Waals surface area contributed by atoms with E-state index in [1.165, 1.54) is 6.42 Å². The summed E-state index contributed by atoms with van der Waals surface area (Å²) in [4.78, 5) is 44.5. The van der Waals surface area contributed by atoms with Crippen LogP contribution in [0.3, 0.4) is 0 Å². The molecule has 3 aliphatic rings. The summed E-state index contributed by atoms with van der Waals surface area (Å²) in [5, 5.41) is 9.11. The molecule has 3 fully saturated rings. The fourth-order valence-corrected chi connectivity index (χ4v) is 5.82. The maximum absolute atomic E-state index is 14.1. The molecule has 35 heavy (non-hydrogen) atoms. The van der Waals surface area contributed by atoms with Crippen LogP contribution in [0.4, 0.5) is 0 Å². The highest BCUT2D eigenvalue weighted by Gasteiger charge is 2.45. The number of benzene rings is 1. The zero-order valence-corrected chi connectivity index (χ0v) is 21.2. The van der Waals surface area contributed by atoms with Gasteiger partial charge in [-0.15, -0.1) is 0 Å². The van der Waals surface area contributed by atoms with E-state index in [-0.39, 0.29) is 35.7 Å². The first kappa shape index (κ1) is 25.6. The summed E-state index contributed by atoms with van der Waals surface area (Å²) in [6, 6.07) is 8.60. The van der Waals surface area contributed by atoms with Crippen molar-refractivity contribution >= 4 is 17.7 Å². The average molecular weight is 484 g/mol. The second-order valence-corrected chi connectivity index (χ2v) is 10.4. The van der Waals surface area contributed by atoms with E-state index >= 15 is 0 Å². The van der Waals surface area contributed by atoms with Gasteiger partial charge in [0.05, 0.1) is 6.04 Å². The summed E-state index contributed by atoms with van der Waals surface area (Å²) in [6.45, 7) is 4.30. The summed E-state index contributed by atoms with van der Waals surface area (Å²) in [7, 11) is 1.74. The molecule has 0 radical (unpaired) electrons. The van der Waals surface area contributed by atoms with Crippen LogP contribution in [0.5, 0.6) is 0 Å². The van der Waals surface area contributed by atoms with Crippen molar-refractivity contribution in [3.05, 3.63) is 35.9 Å². The minimum Gasteiger partial charge on any atom is -0.350 e. The smallest absolute Gasteiger partial charge is 0.246 e. The topological polar surface area (TPSA) is 93.8 Å². The molecule has 4 rings (SSSR count). The van der Waals surface area contributed by atoms with Crippen molar-refractivity contribution in [2.75, 3.05) is 26.7 Å². The number of likely N-dealkylation sites (N-methyl/N-ethyl adjacent to an activating group) is 1. The van der Waals surface area contributed by atoms with E-state index in [4.69, 9.17) is 0 Å². The summed E-state index contributed by atoms with van der Waals surface area (Å²) in [5.74, 6) is -0.273. The Hall–Kier alpha value is -2.45. The highest BCUT2D eigenvalue weighted by Crippen LogP contribution is 2.30. The molecule has 0 spiro atoms. The Balaban J connectivity index is 1.53. The Morgan fingerprint density at radius 3 is 2.46 bits per heavy atom. The molecule has 0 aromatic heterocycles. The summed E-state index contributed by atoms with van der Waals surface area (Å²) in [5.41, 5.74) is 1.03. The third kappa shape index (κ3) is 6.22. The van der Waals surface area contributed by atoms with Gasteiger partial charge in [-0.05, 0) is 57.7 Å². The molecule has 2 saturated heterocycles. The quantitative estimate of drug-likeness (QED) is 0.523. The monoisotopic (exact) mass is 483 g/mol. The van der Waals surface area contributed by atoms with Gasteiger partial charge in [0, 0.05) is 25.7 Å². The molecular weight excluding hydrogens is 442 g/mol. The van der Waals surface area contributed by atoms with Gasteiger partial charge < -0.3 is 20.9 Å². The second-order valence-electron chi connectivity index (χ2n) is 10.4. The molecule has 1 aromatic carbocycles. The maximum atomic E-state index is 14.1. The van der Waals surface area contributed by atoms with E-state index in [1.54, 1.807) is 18.9 Å². The lowest BCUT2D eigenvalue weighted by atomic mass is 9.82. The molecule has 2 heterocycles. The van der Waals surface area contributed by atoms with Gasteiger partial charge in [0.15, 0.2) is 0 Å². The zero-order valence-electron chi connectivity index (χ0n) is 21.2. The first-order valence-electron chi connectivity index (χ1n) is 13.3. The largest absolute Gasteiger partial charge is 0.350 e. The molecule has 192 valence electrons. The van der Waals surface area contributed by atoms with Crippen molar-refractivity contribution < 1.29 is 14.4 Å². The number of rotatable bonds is 8. The SMILES string of the molecule is CN[C@@H](C)C(=O)N[C@H](C(=O)N1C[C@H]2CCCN2CC1C(=O)NCc1ccccc1)C1CCCCC1. The van der Waals surface area contributed by atoms with E-state index in [9.17, 15) is 14.4 Å². The van der Waals surface area contributed by atoms with Gasteiger partial charge in [-0.1, -0.05) is 49.6 Å². The van der Waals surface area contributed by atoms with Crippen LogP contribution in [0.1, 0.15) is 57.4 Å². The summed E-state index contributed by atoms with van der Waals surface area (Å²) < 4.78 is 0. The lowest BCUT2D eigenvalue weighted by molar-refractivity contribution is -0.149. The molecule has 1 aliphatic carbocycles. The lowest BCUT2D eigenvalue weighted by Gasteiger charge is -2.45. The average Bonchev–Trinajstić information content (AvgIpc) is 3.37. The number of hydrogen-bond donors (Lipinski definition) is 3. The summed E-state index contributed by atoms with van der Waals surface area (Å²) in [6.07, 6.45) is 7.31. The number of amides is 3. The van der Waals surface area contributed by atoms with Crippen LogP contribution in [-0.4, -0.2) is 78.4 Å². The third-order valence-corrected chi connectivity index (χ3v) is 8.10. The lowest BCUT2D eigenvalue weighted by Crippen LogP contribution is -2.66. The van der Waals surface area contributed by atoms with Crippen LogP contribution in [0.25, 0.3) is 0 Å². The van der Waals surface area contributed by atoms with Gasteiger partial charge >= 0.3 is 0 Å². The van der Waals surface area contributed by atoms with Gasteiger partial charge in [-0.25, -0.2) is 0 Å². The minimum atomic E-state index is -0.587. The molecule has 3 N–H and O–H groups in total. The molecule has 3 amide bonds. The van der Waals surface area contributed by atoms with Gasteiger partial charge in [0.2, 0.25) is 17.7 Å². The van der Waals surface area contributed by atoms with Gasteiger partial charge in [0.1, 0.15) is 12.1 Å². The van der Waals surface area contributed by atoms with Crippen LogP contribution in [0.15, 0.2) is 30.3 Å². The molecule has 4 atom stereocenters. The van der Waals surface area contributed by atoms with Crippen LogP contribution >= 0.6 is 0 Å². The predicted octanol–water partition coefficient (Wildman–Crippen LogP) is 1.65. The molecule has 0 bridgehead atoms. The Kier molecular flexibility index (Phi) is 8.78. The van der Waals surface area contributed by atoms with Crippen molar-refractivity contribution in [1.82, 2.24) is 25.8 Å². The van der Waals surface area contributed by atoms with E-state index < -0.39 is 12.1 Å². The van der Waals surface area contributed by atoms with Crippen LogP contribution in [-0.2, 0) is 20.9 Å². The van der Waals surface area contributed by atoms with Gasteiger partial charge in [0.25, 0.3) is 0 Å². The molecule has 1 saturated carbocycles. The summed E-state index contributed by atoms with van der Waals surface area (Å²) >= 11 is 0. The van der Waals surface area contributed by atoms with Crippen molar-refractivity contribution in [3.63, 3.8) is 0 Å². The van der Waals surface area contributed by atoms with Crippen molar-refractivity contribution in [3.8, 4) is 0 Å². The van der Waals surface area contributed by atoms with Gasteiger partial charge in [-0.3, -0.25) is 19.3 Å². The third-order valence-electron chi connectivity index (χ3n) is 8.10. The van der Waals surface area contributed by atoms with Crippen molar-refractivity contribution in [2.45, 2.75) is 82.6 Å². The van der Waals surface area contributed by atoms with Crippen LogP contribution < -0.4 is 16.0 Å². The number of nitrogens with one attached hydrogen (secondary N) is 3. The minimum absolute atomic E-state index is 0.0973. The Morgan fingerprint density at radius 1 is 1.00 bits per heavy atom. The number of piperazine rings is 1. The van der Waals surface area contributed by atoms with E-state index in [0.29, 0.717) is 19.6 Å². The first-order chi connectivity index (χ1) is 17.0.